The molecule has 7 heteroatoms. The zero-order valence-corrected chi connectivity index (χ0v) is 12.0. The van der Waals surface area contributed by atoms with E-state index < -0.39 is 5.97 Å². The van der Waals surface area contributed by atoms with Crippen molar-refractivity contribution < 1.29 is 14.3 Å². The summed E-state index contributed by atoms with van der Waals surface area (Å²) in [5.41, 5.74) is 0.373. The van der Waals surface area contributed by atoms with E-state index >= 15 is 0 Å². The maximum absolute atomic E-state index is 12.1. The molecule has 0 spiro atoms. The van der Waals surface area contributed by atoms with Crippen molar-refractivity contribution in [3.8, 4) is 17.1 Å². The van der Waals surface area contributed by atoms with Gasteiger partial charge in [0.05, 0.1) is 13.7 Å². The minimum atomic E-state index is -0.606. The smallest absolute Gasteiger partial charge is 0.358 e. The first-order valence-electron chi connectivity index (χ1n) is 6.32. The van der Waals surface area contributed by atoms with Crippen molar-refractivity contribution >= 4 is 5.97 Å². The highest BCUT2D eigenvalue weighted by atomic mass is 16.5. The van der Waals surface area contributed by atoms with E-state index in [4.69, 9.17) is 4.74 Å². The van der Waals surface area contributed by atoms with Gasteiger partial charge in [0.15, 0.2) is 5.69 Å². The zero-order valence-electron chi connectivity index (χ0n) is 12.0. The molecule has 0 bridgehead atoms. The molecular weight excluding hydrogens is 274 g/mol. The highest BCUT2D eigenvalue weighted by molar-refractivity contribution is 5.87. The molecule has 0 amide bonds. The summed E-state index contributed by atoms with van der Waals surface area (Å²) in [4.78, 5) is 31.8. The Balaban J connectivity index is 2.49. The summed E-state index contributed by atoms with van der Waals surface area (Å²) in [5, 5.41) is 0. The van der Waals surface area contributed by atoms with Crippen LogP contribution in [0.2, 0.25) is 0 Å². The second-order valence-corrected chi connectivity index (χ2v) is 4.20. The molecule has 0 aliphatic heterocycles. The van der Waals surface area contributed by atoms with Gasteiger partial charge in [-0.1, -0.05) is 0 Å². The van der Waals surface area contributed by atoms with Crippen LogP contribution < -0.4 is 10.3 Å². The molecule has 2 aromatic heterocycles. The molecule has 21 heavy (non-hydrogen) atoms. The molecule has 0 saturated carbocycles. The Kier molecular flexibility index (Phi) is 4.32. The number of pyridine rings is 1. The monoisotopic (exact) mass is 289 g/mol. The van der Waals surface area contributed by atoms with Gasteiger partial charge in [-0.15, -0.1) is 0 Å². The van der Waals surface area contributed by atoms with Crippen LogP contribution in [0.4, 0.5) is 0 Å². The van der Waals surface area contributed by atoms with Crippen LogP contribution in [0.15, 0.2) is 29.3 Å². The summed E-state index contributed by atoms with van der Waals surface area (Å²) in [6.45, 7) is 2.36. The Morgan fingerprint density at radius 1 is 1.38 bits per heavy atom. The molecule has 2 aromatic rings. The normalized spacial score (nSPS) is 10.2. The summed E-state index contributed by atoms with van der Waals surface area (Å²) in [7, 11) is 2.80. The standard InChI is InChI=1S/C14H15N3O4/c1-4-21-11-6-5-9(7-15-11)12-13(18)17(2)8-10(16-12)14(19)20-3/h5-8H,4H2,1-3H3. The fraction of sp³-hybridized carbons (Fsp3) is 0.286. The second kappa shape index (κ2) is 6.17. The van der Waals surface area contributed by atoms with Gasteiger partial charge >= 0.3 is 5.97 Å². The number of ether oxygens (including phenoxy) is 2. The SMILES string of the molecule is CCOc1ccc(-c2nc(C(=O)OC)cn(C)c2=O)cn1. The predicted molar refractivity (Wildman–Crippen MR) is 75.2 cm³/mol. The van der Waals surface area contributed by atoms with Gasteiger partial charge in [0.2, 0.25) is 5.88 Å². The van der Waals surface area contributed by atoms with Crippen LogP contribution >= 0.6 is 0 Å². The van der Waals surface area contributed by atoms with Gasteiger partial charge < -0.3 is 14.0 Å². The zero-order chi connectivity index (χ0) is 15.4. The highest BCUT2D eigenvalue weighted by Gasteiger charge is 2.14. The molecule has 0 fully saturated rings. The van der Waals surface area contributed by atoms with Gasteiger partial charge in [0.1, 0.15) is 5.69 Å². The first-order chi connectivity index (χ1) is 10.1. The maximum atomic E-state index is 12.1. The summed E-state index contributed by atoms with van der Waals surface area (Å²) >= 11 is 0. The number of esters is 1. The van der Waals surface area contributed by atoms with Crippen LogP contribution in [0.3, 0.4) is 0 Å². The van der Waals surface area contributed by atoms with E-state index in [1.165, 1.54) is 24.1 Å². The third kappa shape index (κ3) is 3.07. The molecule has 0 saturated heterocycles. The molecule has 0 atom stereocenters. The van der Waals surface area contributed by atoms with E-state index in [0.717, 1.165) is 0 Å². The predicted octanol–water partition coefficient (Wildman–Crippen LogP) is 1.03. The van der Waals surface area contributed by atoms with Crippen LogP contribution in [0.5, 0.6) is 5.88 Å². The molecule has 2 rings (SSSR count). The van der Waals surface area contributed by atoms with E-state index in [9.17, 15) is 9.59 Å². The number of rotatable bonds is 4. The number of hydrogen-bond acceptors (Lipinski definition) is 6. The largest absolute Gasteiger partial charge is 0.478 e. The fourth-order valence-electron chi connectivity index (χ4n) is 1.75. The van der Waals surface area contributed by atoms with Crippen molar-refractivity contribution in [2.45, 2.75) is 6.92 Å². The van der Waals surface area contributed by atoms with Crippen LogP contribution in [0.25, 0.3) is 11.3 Å². The Bertz CT molecular complexity index is 707. The first-order valence-corrected chi connectivity index (χ1v) is 6.32. The Morgan fingerprint density at radius 3 is 2.71 bits per heavy atom. The van der Waals surface area contributed by atoms with Crippen LogP contribution in [-0.4, -0.2) is 34.2 Å². The first kappa shape index (κ1) is 14.7. The van der Waals surface area contributed by atoms with Gasteiger partial charge in [0, 0.05) is 31.1 Å². The summed E-state index contributed by atoms with van der Waals surface area (Å²) < 4.78 is 11.1. The van der Waals surface area contributed by atoms with Gasteiger partial charge in [-0.25, -0.2) is 14.8 Å². The number of carbonyl (C=O) groups excluding carboxylic acids is 1. The quantitative estimate of drug-likeness (QED) is 0.782. The van der Waals surface area contributed by atoms with Crippen LogP contribution in [0, 0.1) is 0 Å². The number of aryl methyl sites for hydroxylation is 1. The van der Waals surface area contributed by atoms with Crippen LogP contribution in [-0.2, 0) is 11.8 Å². The molecule has 0 aromatic carbocycles. The number of aromatic nitrogens is 3. The van der Waals surface area contributed by atoms with E-state index in [2.05, 4.69) is 14.7 Å². The topological polar surface area (TPSA) is 83.3 Å². The molecule has 0 N–H and O–H groups in total. The van der Waals surface area contributed by atoms with Gasteiger partial charge in [-0.2, -0.15) is 0 Å². The van der Waals surface area contributed by atoms with Crippen LogP contribution in [0.1, 0.15) is 17.4 Å². The average Bonchev–Trinajstić information content (AvgIpc) is 2.50. The van der Waals surface area contributed by atoms with Crippen molar-refractivity contribution in [3.63, 3.8) is 0 Å². The maximum Gasteiger partial charge on any atom is 0.358 e. The molecule has 0 aliphatic rings. The Labute approximate surface area is 121 Å². The van der Waals surface area contributed by atoms with E-state index in [-0.39, 0.29) is 16.9 Å². The number of nitrogens with zero attached hydrogens (tertiary/aromatic N) is 3. The molecule has 7 nitrogen and oxygen atoms in total. The van der Waals surface area contributed by atoms with E-state index in [1.807, 2.05) is 6.92 Å². The Morgan fingerprint density at radius 2 is 2.14 bits per heavy atom. The molecule has 0 aliphatic carbocycles. The third-order valence-corrected chi connectivity index (χ3v) is 2.77. The minimum absolute atomic E-state index is 0.0588. The molecule has 110 valence electrons. The van der Waals surface area contributed by atoms with Crippen molar-refractivity contribution in [1.82, 2.24) is 14.5 Å². The van der Waals surface area contributed by atoms with Gasteiger partial charge in [0.25, 0.3) is 5.56 Å². The van der Waals surface area contributed by atoms with Gasteiger partial charge in [-0.05, 0) is 13.0 Å². The summed E-state index contributed by atoms with van der Waals surface area (Å²) in [5.74, 6) is -0.145. The molecular formula is C14H15N3O4. The number of carbonyl (C=O) groups is 1. The number of methoxy groups -OCH3 is 1. The molecule has 0 radical (unpaired) electrons. The average molecular weight is 289 g/mol. The van der Waals surface area contributed by atoms with Crippen molar-refractivity contribution in [2.75, 3.05) is 13.7 Å². The lowest BCUT2D eigenvalue weighted by atomic mass is 10.2. The fourth-order valence-corrected chi connectivity index (χ4v) is 1.75. The molecule has 2 heterocycles. The lowest BCUT2D eigenvalue weighted by Crippen LogP contribution is -2.23. The van der Waals surface area contributed by atoms with Gasteiger partial charge in [-0.3, -0.25) is 4.79 Å². The third-order valence-electron chi connectivity index (χ3n) is 2.77. The van der Waals surface area contributed by atoms with Crippen molar-refractivity contribution in [1.29, 1.82) is 0 Å². The lowest BCUT2D eigenvalue weighted by molar-refractivity contribution is 0.0593. The Hall–Kier alpha value is -2.70. The summed E-state index contributed by atoms with van der Waals surface area (Å²) in [6.07, 6.45) is 2.81. The number of hydrogen-bond donors (Lipinski definition) is 0. The van der Waals surface area contributed by atoms with Crippen molar-refractivity contribution in [2.24, 2.45) is 7.05 Å². The minimum Gasteiger partial charge on any atom is -0.478 e. The summed E-state index contributed by atoms with van der Waals surface area (Å²) in [6, 6.07) is 3.31. The van der Waals surface area contributed by atoms with E-state index in [0.29, 0.717) is 18.1 Å². The molecule has 0 unspecified atom stereocenters. The van der Waals surface area contributed by atoms with Crippen molar-refractivity contribution in [3.05, 3.63) is 40.6 Å². The van der Waals surface area contributed by atoms with E-state index in [1.54, 1.807) is 19.2 Å². The highest BCUT2D eigenvalue weighted by Crippen LogP contribution is 2.16. The second-order valence-electron chi connectivity index (χ2n) is 4.20. The lowest BCUT2D eigenvalue weighted by Gasteiger charge is -2.07.